The maximum absolute atomic E-state index is 14.5. The Morgan fingerprint density at radius 3 is 2.51 bits per heavy atom. The fraction of sp³-hybridized carbons (Fsp3) is 0.360. The Bertz CT molecular complexity index is 1330. The zero-order valence-corrected chi connectivity index (χ0v) is 19.9. The van der Waals surface area contributed by atoms with Gasteiger partial charge < -0.3 is 4.74 Å². The molecule has 12 heteroatoms. The number of hydrogen-bond acceptors (Lipinski definition) is 6. The smallest absolute Gasteiger partial charge is 0.404 e. The summed E-state index contributed by atoms with van der Waals surface area (Å²) in [7, 11) is 0. The minimum Gasteiger partial charge on any atom is -0.404 e. The van der Waals surface area contributed by atoms with Gasteiger partial charge >= 0.3 is 6.36 Å². The summed E-state index contributed by atoms with van der Waals surface area (Å²) in [6.45, 7) is 1.39. The van der Waals surface area contributed by atoms with Crippen molar-refractivity contribution in [3.05, 3.63) is 86.8 Å². The lowest BCUT2D eigenvalue weighted by molar-refractivity contribution is -0.275. The largest absolute Gasteiger partial charge is 0.573 e. The molecule has 0 bridgehead atoms. The van der Waals surface area contributed by atoms with E-state index in [0.717, 1.165) is 16.3 Å². The van der Waals surface area contributed by atoms with Crippen molar-refractivity contribution >= 4 is 5.91 Å². The molecular formula is C25H25F4N5O3. The standard InChI is InChI=1S/C25H25F4N5O3/c1-14-4-2-5-18(26)22(14)16-9-7-15(8-10-16)17-12-19(23(35)32-30)33-34(24(17)36)13-20-21(6-3-11-31-20)37-25(27,28)29/h2-6,11-12,15-16H,7-10,13,30H2,1H3,(H,32,35). The first-order valence-corrected chi connectivity index (χ1v) is 11.6. The number of hydrazine groups is 1. The number of halogens is 4. The highest BCUT2D eigenvalue weighted by Crippen LogP contribution is 2.41. The summed E-state index contributed by atoms with van der Waals surface area (Å²) in [6, 6.07) is 8.65. The van der Waals surface area contributed by atoms with E-state index in [1.54, 1.807) is 6.07 Å². The second-order valence-electron chi connectivity index (χ2n) is 8.94. The molecule has 0 radical (unpaired) electrons. The molecule has 1 aliphatic rings. The lowest BCUT2D eigenvalue weighted by atomic mass is 9.75. The third kappa shape index (κ3) is 5.96. The van der Waals surface area contributed by atoms with E-state index >= 15 is 0 Å². The Balaban J connectivity index is 1.65. The van der Waals surface area contributed by atoms with Crippen LogP contribution in [0.25, 0.3) is 0 Å². The van der Waals surface area contributed by atoms with Crippen LogP contribution in [0.1, 0.15) is 70.4 Å². The average Bonchev–Trinajstić information content (AvgIpc) is 2.85. The molecule has 1 aliphatic carbocycles. The summed E-state index contributed by atoms with van der Waals surface area (Å²) in [5.74, 6) is 3.38. The molecule has 8 nitrogen and oxygen atoms in total. The number of aromatic nitrogens is 3. The molecule has 0 unspecified atom stereocenters. The molecule has 3 aromatic rings. The molecule has 2 aromatic heterocycles. The van der Waals surface area contributed by atoms with Gasteiger partial charge in [0, 0.05) is 11.8 Å². The zero-order chi connectivity index (χ0) is 26.7. The number of amides is 1. The number of nitrogens with zero attached hydrogens (tertiary/aromatic N) is 3. The minimum atomic E-state index is -4.96. The van der Waals surface area contributed by atoms with Gasteiger partial charge in [-0.05, 0) is 79.8 Å². The number of nitrogens with two attached hydrogens (primary N) is 1. The van der Waals surface area contributed by atoms with Crippen LogP contribution in [0.2, 0.25) is 0 Å². The molecule has 0 aliphatic heterocycles. The van der Waals surface area contributed by atoms with Crippen molar-refractivity contribution in [2.75, 3.05) is 0 Å². The first kappa shape index (κ1) is 26.3. The van der Waals surface area contributed by atoms with Crippen LogP contribution in [0.3, 0.4) is 0 Å². The molecule has 4 rings (SSSR count). The number of carbonyl (C=O) groups is 1. The van der Waals surface area contributed by atoms with E-state index in [9.17, 15) is 27.2 Å². The van der Waals surface area contributed by atoms with Crippen molar-refractivity contribution in [2.24, 2.45) is 5.84 Å². The van der Waals surface area contributed by atoms with Gasteiger partial charge in [0.1, 0.15) is 11.5 Å². The summed E-state index contributed by atoms with van der Waals surface area (Å²) in [5, 5.41) is 4.00. The van der Waals surface area contributed by atoms with Gasteiger partial charge in [-0.1, -0.05) is 12.1 Å². The number of ether oxygens (including phenoxy) is 1. The molecule has 37 heavy (non-hydrogen) atoms. The van der Waals surface area contributed by atoms with Crippen LogP contribution in [-0.2, 0) is 6.54 Å². The topological polar surface area (TPSA) is 112 Å². The van der Waals surface area contributed by atoms with Crippen molar-refractivity contribution in [3.63, 3.8) is 0 Å². The SMILES string of the molecule is Cc1cccc(F)c1C1CCC(c2cc(C(=O)NN)nn(Cc3ncccc3OC(F)(F)F)c2=O)CC1. The monoisotopic (exact) mass is 519 g/mol. The van der Waals surface area contributed by atoms with E-state index in [1.807, 2.05) is 18.4 Å². The summed E-state index contributed by atoms with van der Waals surface area (Å²) < 4.78 is 57.9. The fourth-order valence-corrected chi connectivity index (χ4v) is 4.90. The Morgan fingerprint density at radius 2 is 1.86 bits per heavy atom. The maximum Gasteiger partial charge on any atom is 0.573 e. The summed E-state index contributed by atoms with van der Waals surface area (Å²) >= 11 is 0. The quantitative estimate of drug-likeness (QED) is 0.220. The van der Waals surface area contributed by atoms with Crippen molar-refractivity contribution < 1.29 is 27.1 Å². The number of hydrogen-bond donors (Lipinski definition) is 2. The minimum absolute atomic E-state index is 0.0103. The first-order chi connectivity index (χ1) is 17.6. The molecule has 0 atom stereocenters. The summed E-state index contributed by atoms with van der Waals surface area (Å²) in [6.07, 6.45) is -1.36. The predicted octanol–water partition coefficient (Wildman–Crippen LogP) is 4.08. The lowest BCUT2D eigenvalue weighted by Gasteiger charge is -2.30. The molecule has 1 amide bonds. The van der Waals surface area contributed by atoms with Gasteiger partial charge in [0.05, 0.1) is 6.54 Å². The van der Waals surface area contributed by atoms with Gasteiger partial charge in [-0.25, -0.2) is 14.9 Å². The number of aryl methyl sites for hydroxylation is 1. The van der Waals surface area contributed by atoms with Gasteiger partial charge in [-0.3, -0.25) is 20.0 Å². The van der Waals surface area contributed by atoms with Crippen LogP contribution in [-0.4, -0.2) is 27.0 Å². The molecule has 196 valence electrons. The van der Waals surface area contributed by atoms with E-state index in [0.29, 0.717) is 31.2 Å². The van der Waals surface area contributed by atoms with Crippen LogP contribution in [0, 0.1) is 12.7 Å². The van der Waals surface area contributed by atoms with Gasteiger partial charge in [0.25, 0.3) is 11.5 Å². The molecule has 0 spiro atoms. The highest BCUT2D eigenvalue weighted by Gasteiger charge is 2.33. The third-order valence-corrected chi connectivity index (χ3v) is 6.59. The van der Waals surface area contributed by atoms with Gasteiger partial charge in [0.2, 0.25) is 0 Å². The van der Waals surface area contributed by atoms with Crippen LogP contribution in [0.15, 0.2) is 47.4 Å². The third-order valence-electron chi connectivity index (χ3n) is 6.59. The number of carbonyl (C=O) groups excluding carboxylic acids is 1. The average molecular weight is 519 g/mol. The number of alkyl halides is 3. The number of nitrogen functional groups attached to an aromatic ring is 1. The van der Waals surface area contributed by atoms with E-state index in [4.69, 9.17) is 5.84 Å². The molecule has 1 saturated carbocycles. The van der Waals surface area contributed by atoms with E-state index in [2.05, 4.69) is 14.8 Å². The molecule has 2 heterocycles. The van der Waals surface area contributed by atoms with E-state index < -0.39 is 30.1 Å². The number of pyridine rings is 1. The Hall–Kier alpha value is -3.80. The van der Waals surface area contributed by atoms with Crippen LogP contribution in [0.4, 0.5) is 17.6 Å². The Morgan fingerprint density at radius 1 is 1.16 bits per heavy atom. The lowest BCUT2D eigenvalue weighted by Crippen LogP contribution is -2.36. The van der Waals surface area contributed by atoms with Crippen molar-refractivity contribution in [2.45, 2.75) is 57.3 Å². The summed E-state index contributed by atoms with van der Waals surface area (Å²) in [5.41, 5.74) is 2.85. The predicted molar refractivity (Wildman–Crippen MR) is 125 cm³/mol. The van der Waals surface area contributed by atoms with E-state index in [-0.39, 0.29) is 34.6 Å². The highest BCUT2D eigenvalue weighted by molar-refractivity contribution is 5.91. The van der Waals surface area contributed by atoms with Gasteiger partial charge in [-0.2, -0.15) is 5.10 Å². The zero-order valence-electron chi connectivity index (χ0n) is 19.9. The van der Waals surface area contributed by atoms with Crippen LogP contribution in [0.5, 0.6) is 5.75 Å². The van der Waals surface area contributed by atoms with Crippen molar-refractivity contribution in [3.8, 4) is 5.75 Å². The number of rotatable bonds is 6. The maximum atomic E-state index is 14.5. The molecule has 1 aromatic carbocycles. The fourth-order valence-electron chi connectivity index (χ4n) is 4.90. The van der Waals surface area contributed by atoms with Gasteiger partial charge in [0.15, 0.2) is 11.4 Å². The summed E-state index contributed by atoms with van der Waals surface area (Å²) in [4.78, 5) is 29.6. The van der Waals surface area contributed by atoms with Crippen molar-refractivity contribution in [1.29, 1.82) is 0 Å². The molecule has 1 fully saturated rings. The number of nitrogens with one attached hydrogen (secondary N) is 1. The second-order valence-corrected chi connectivity index (χ2v) is 8.94. The van der Waals surface area contributed by atoms with Crippen LogP contribution < -0.4 is 21.6 Å². The highest BCUT2D eigenvalue weighted by atomic mass is 19.4. The van der Waals surface area contributed by atoms with E-state index in [1.165, 1.54) is 24.4 Å². The van der Waals surface area contributed by atoms with Gasteiger partial charge in [-0.15, -0.1) is 13.2 Å². The first-order valence-electron chi connectivity index (χ1n) is 11.6. The molecular weight excluding hydrogens is 494 g/mol. The molecule has 0 saturated heterocycles. The molecule has 3 N–H and O–H groups in total. The number of benzene rings is 1. The second kappa shape index (κ2) is 10.7. The Kier molecular flexibility index (Phi) is 7.58. The normalized spacial score (nSPS) is 17.9. The van der Waals surface area contributed by atoms with Crippen molar-refractivity contribution in [1.82, 2.24) is 20.2 Å². The van der Waals surface area contributed by atoms with Crippen LogP contribution >= 0.6 is 0 Å². The Labute approximate surface area is 209 Å².